The number of aliphatic hydroxyl groups excluding tert-OH is 1. The van der Waals surface area contributed by atoms with Crippen LogP contribution in [-0.2, 0) is 16.1 Å². The van der Waals surface area contributed by atoms with Gasteiger partial charge in [-0.25, -0.2) is 0 Å². The first kappa shape index (κ1) is 21.7. The number of carbonyl (C=O) groups is 2. The zero-order valence-corrected chi connectivity index (χ0v) is 18.2. The number of amides is 1. The Labute approximate surface area is 190 Å². The van der Waals surface area contributed by atoms with Crippen molar-refractivity contribution in [1.29, 1.82) is 0 Å². The number of Topliss-reactive ketones (excluding diaryl/α,β-unsaturated/α-hetero) is 1. The van der Waals surface area contributed by atoms with Crippen LogP contribution in [0.1, 0.15) is 36.3 Å². The number of ether oxygens (including phenoxy) is 1. The van der Waals surface area contributed by atoms with E-state index in [-0.39, 0.29) is 17.9 Å². The smallest absolute Gasteiger partial charge is 0.296 e. The van der Waals surface area contributed by atoms with E-state index in [1.165, 1.54) is 11.2 Å². The van der Waals surface area contributed by atoms with E-state index >= 15 is 0 Å². The van der Waals surface area contributed by atoms with Crippen molar-refractivity contribution in [2.45, 2.75) is 25.9 Å². The van der Waals surface area contributed by atoms with Gasteiger partial charge in [-0.05, 0) is 60.5 Å². The number of benzene rings is 2. The quantitative estimate of drug-likeness (QED) is 0.298. The molecule has 0 unspecified atom stereocenters. The largest absolute Gasteiger partial charge is 0.507 e. The van der Waals surface area contributed by atoms with E-state index in [9.17, 15) is 14.7 Å². The van der Waals surface area contributed by atoms with Gasteiger partial charge in [-0.1, -0.05) is 30.7 Å². The molecule has 1 atom stereocenters. The van der Waals surface area contributed by atoms with Gasteiger partial charge < -0.3 is 19.2 Å². The van der Waals surface area contributed by atoms with Crippen molar-refractivity contribution in [3.63, 3.8) is 0 Å². The molecule has 1 N–H and O–H groups in total. The van der Waals surface area contributed by atoms with E-state index < -0.39 is 17.7 Å². The molecule has 2 heterocycles. The molecule has 164 valence electrons. The minimum absolute atomic E-state index is 0.0195. The Morgan fingerprint density at radius 3 is 2.44 bits per heavy atom. The highest BCUT2D eigenvalue weighted by Gasteiger charge is 2.46. The predicted molar refractivity (Wildman–Crippen MR) is 120 cm³/mol. The molecule has 0 radical (unpaired) electrons. The first-order valence-electron chi connectivity index (χ1n) is 10.3. The highest BCUT2D eigenvalue weighted by atomic mass is 35.5. The molecular formula is C25H22ClNO5. The summed E-state index contributed by atoms with van der Waals surface area (Å²) in [6, 6.07) is 16.3. The number of aliphatic hydroxyl groups is 1. The van der Waals surface area contributed by atoms with Crippen LogP contribution in [0.4, 0.5) is 0 Å². The summed E-state index contributed by atoms with van der Waals surface area (Å²) in [6.07, 6.45) is 2.39. The molecule has 0 aliphatic carbocycles. The summed E-state index contributed by atoms with van der Waals surface area (Å²) in [5.41, 5.74) is 1.10. The number of ketones is 1. The molecule has 32 heavy (non-hydrogen) atoms. The second-order valence-electron chi connectivity index (χ2n) is 7.43. The average molecular weight is 452 g/mol. The number of nitrogens with zero attached hydrogens (tertiary/aromatic N) is 1. The summed E-state index contributed by atoms with van der Waals surface area (Å²) >= 11 is 5.96. The van der Waals surface area contributed by atoms with Gasteiger partial charge in [0.2, 0.25) is 0 Å². The zero-order valence-electron chi connectivity index (χ0n) is 17.5. The van der Waals surface area contributed by atoms with E-state index in [0.717, 1.165) is 6.42 Å². The highest BCUT2D eigenvalue weighted by Crippen LogP contribution is 2.40. The Morgan fingerprint density at radius 1 is 1.09 bits per heavy atom. The lowest BCUT2D eigenvalue weighted by atomic mass is 9.95. The van der Waals surface area contributed by atoms with Crippen LogP contribution >= 0.6 is 11.6 Å². The summed E-state index contributed by atoms with van der Waals surface area (Å²) < 4.78 is 11.0. The van der Waals surface area contributed by atoms with Crippen molar-refractivity contribution < 1.29 is 23.8 Å². The lowest BCUT2D eigenvalue weighted by molar-refractivity contribution is -0.140. The summed E-state index contributed by atoms with van der Waals surface area (Å²) in [4.78, 5) is 27.4. The number of hydrogen-bond donors (Lipinski definition) is 1. The van der Waals surface area contributed by atoms with Gasteiger partial charge in [0.1, 0.15) is 17.3 Å². The number of likely N-dealkylation sites (tertiary alicyclic amines) is 1. The molecule has 2 aromatic carbocycles. The maximum absolute atomic E-state index is 13.0. The fraction of sp³-hybridized carbons (Fsp3) is 0.200. The maximum atomic E-state index is 13.0. The topological polar surface area (TPSA) is 80.0 Å². The molecule has 4 rings (SSSR count). The fourth-order valence-corrected chi connectivity index (χ4v) is 3.82. The van der Waals surface area contributed by atoms with E-state index in [1.54, 1.807) is 60.7 Å². The minimum Gasteiger partial charge on any atom is -0.507 e. The molecule has 0 spiro atoms. The molecule has 7 heteroatoms. The molecule has 1 amide bonds. The van der Waals surface area contributed by atoms with Crippen molar-refractivity contribution in [1.82, 2.24) is 4.90 Å². The molecule has 0 bridgehead atoms. The van der Waals surface area contributed by atoms with Gasteiger partial charge in [0.15, 0.2) is 0 Å². The van der Waals surface area contributed by atoms with Crippen molar-refractivity contribution in [2.24, 2.45) is 0 Å². The molecule has 1 saturated heterocycles. The Bertz CT molecular complexity index is 1130. The lowest BCUT2D eigenvalue weighted by Crippen LogP contribution is -2.29. The summed E-state index contributed by atoms with van der Waals surface area (Å²) in [5.74, 6) is -0.477. The second kappa shape index (κ2) is 9.32. The van der Waals surface area contributed by atoms with Crippen molar-refractivity contribution in [3.8, 4) is 5.75 Å². The Balaban J connectivity index is 1.79. The first-order chi connectivity index (χ1) is 15.5. The number of carbonyl (C=O) groups excluding carboxylic acids is 2. The minimum atomic E-state index is -0.781. The summed E-state index contributed by atoms with van der Waals surface area (Å²) in [6.45, 7) is 2.70. The molecule has 0 saturated carbocycles. The van der Waals surface area contributed by atoms with Crippen LogP contribution in [0.5, 0.6) is 5.75 Å². The summed E-state index contributed by atoms with van der Waals surface area (Å²) in [7, 11) is 0. The molecular weight excluding hydrogens is 430 g/mol. The number of hydrogen-bond acceptors (Lipinski definition) is 5. The van der Waals surface area contributed by atoms with E-state index in [4.69, 9.17) is 20.8 Å². The van der Waals surface area contributed by atoms with Gasteiger partial charge in [0.25, 0.3) is 11.7 Å². The molecule has 6 nitrogen and oxygen atoms in total. The Kier molecular flexibility index (Phi) is 6.32. The normalized spacial score (nSPS) is 17.7. The van der Waals surface area contributed by atoms with Gasteiger partial charge in [0.05, 0.1) is 31.0 Å². The molecule has 1 aromatic heterocycles. The third-order valence-electron chi connectivity index (χ3n) is 5.23. The van der Waals surface area contributed by atoms with Gasteiger partial charge in [-0.15, -0.1) is 0 Å². The Morgan fingerprint density at radius 2 is 1.81 bits per heavy atom. The van der Waals surface area contributed by atoms with Gasteiger partial charge in [-0.2, -0.15) is 0 Å². The average Bonchev–Trinajstić information content (AvgIpc) is 3.40. The SMILES string of the molecule is CCCOc1ccc([C@H]2C(=C(O)c3ccc(Cl)cc3)C(=O)C(=O)N2Cc2ccco2)cc1. The van der Waals surface area contributed by atoms with Gasteiger partial charge in [-0.3, -0.25) is 9.59 Å². The van der Waals surface area contributed by atoms with Crippen LogP contribution in [0.2, 0.25) is 5.02 Å². The van der Waals surface area contributed by atoms with Crippen LogP contribution in [0.15, 0.2) is 76.9 Å². The van der Waals surface area contributed by atoms with Crippen molar-refractivity contribution in [3.05, 3.63) is 94.4 Å². The van der Waals surface area contributed by atoms with Crippen LogP contribution in [0, 0.1) is 0 Å². The van der Waals surface area contributed by atoms with Crippen LogP contribution in [0.3, 0.4) is 0 Å². The zero-order chi connectivity index (χ0) is 22.7. The van der Waals surface area contributed by atoms with Crippen LogP contribution in [0.25, 0.3) is 5.76 Å². The third kappa shape index (κ3) is 4.27. The fourth-order valence-electron chi connectivity index (χ4n) is 3.69. The number of furan rings is 1. The third-order valence-corrected chi connectivity index (χ3v) is 5.48. The predicted octanol–water partition coefficient (Wildman–Crippen LogP) is 5.34. The van der Waals surface area contributed by atoms with Gasteiger partial charge >= 0.3 is 0 Å². The molecule has 3 aromatic rings. The van der Waals surface area contributed by atoms with E-state index in [2.05, 4.69) is 0 Å². The molecule has 1 aliphatic heterocycles. The van der Waals surface area contributed by atoms with Crippen molar-refractivity contribution in [2.75, 3.05) is 6.61 Å². The summed E-state index contributed by atoms with van der Waals surface area (Å²) in [5, 5.41) is 11.5. The molecule has 1 aliphatic rings. The van der Waals surface area contributed by atoms with Crippen molar-refractivity contribution >= 4 is 29.1 Å². The second-order valence-corrected chi connectivity index (χ2v) is 7.87. The standard InChI is InChI=1S/C25H22ClNO5/c1-2-13-31-19-11-7-16(8-12-19)22-21(23(28)17-5-9-18(26)10-6-17)24(29)25(30)27(22)15-20-4-3-14-32-20/h3-12,14,22,28H,2,13,15H2,1H3/t22-/m0/s1. The van der Waals surface area contributed by atoms with Crippen LogP contribution < -0.4 is 4.74 Å². The number of rotatable bonds is 7. The van der Waals surface area contributed by atoms with E-state index in [1.807, 2.05) is 6.92 Å². The first-order valence-corrected chi connectivity index (χ1v) is 10.7. The van der Waals surface area contributed by atoms with E-state index in [0.29, 0.717) is 34.3 Å². The van der Waals surface area contributed by atoms with Crippen LogP contribution in [-0.4, -0.2) is 28.3 Å². The maximum Gasteiger partial charge on any atom is 0.296 e. The molecule has 1 fully saturated rings. The van der Waals surface area contributed by atoms with Gasteiger partial charge in [0, 0.05) is 10.6 Å². The Hall–Kier alpha value is -3.51. The highest BCUT2D eigenvalue weighted by molar-refractivity contribution is 6.46. The monoisotopic (exact) mass is 451 g/mol. The number of halogens is 1. The lowest BCUT2D eigenvalue weighted by Gasteiger charge is -2.24.